The zero-order valence-electron chi connectivity index (χ0n) is 15.8. The Kier molecular flexibility index (Phi) is 9.21. The first-order chi connectivity index (χ1) is 13.5. The van der Waals surface area contributed by atoms with E-state index in [2.05, 4.69) is 5.32 Å². The van der Waals surface area contributed by atoms with E-state index in [-0.39, 0.29) is 6.61 Å². The van der Waals surface area contributed by atoms with Crippen molar-refractivity contribution in [3.8, 4) is 5.75 Å². The molecule has 2 aromatic carbocycles. The summed E-state index contributed by atoms with van der Waals surface area (Å²) in [5.74, 6) is 1.07. The Balaban J connectivity index is 1.61. The summed E-state index contributed by atoms with van der Waals surface area (Å²) in [5.41, 5.74) is 2.02. The van der Waals surface area contributed by atoms with Crippen LogP contribution in [0.4, 0.5) is 4.79 Å². The highest BCUT2D eigenvalue weighted by molar-refractivity contribution is 7.99. The second-order valence-corrected chi connectivity index (χ2v) is 7.38. The Labute approximate surface area is 169 Å². The number of rotatable bonds is 11. The minimum Gasteiger partial charge on any atom is -0.493 e. The highest BCUT2D eigenvalue weighted by atomic mass is 32.2. The fourth-order valence-electron chi connectivity index (χ4n) is 2.32. The van der Waals surface area contributed by atoms with Crippen molar-refractivity contribution in [2.45, 2.75) is 26.0 Å². The standard InChI is InChI=1S/C21H25NO5S/c1-16-7-9-18(10-8-16)26-12-14-28-13-11-19(20(23)24)22-21(25)27-15-17-5-3-2-4-6-17/h2-10,19H,11-15H2,1H3,(H,22,25)(H,23,24). The lowest BCUT2D eigenvalue weighted by Gasteiger charge is -2.14. The van der Waals surface area contributed by atoms with Gasteiger partial charge in [0.05, 0.1) is 6.61 Å². The maximum absolute atomic E-state index is 11.8. The minimum absolute atomic E-state index is 0.101. The maximum atomic E-state index is 11.8. The van der Waals surface area contributed by atoms with Crippen LogP contribution >= 0.6 is 11.8 Å². The fraction of sp³-hybridized carbons (Fsp3) is 0.333. The molecule has 0 saturated heterocycles. The number of ether oxygens (including phenoxy) is 2. The first-order valence-corrected chi connectivity index (χ1v) is 10.2. The van der Waals surface area contributed by atoms with E-state index in [1.165, 1.54) is 5.56 Å². The van der Waals surface area contributed by atoms with Crippen LogP contribution in [-0.4, -0.2) is 41.3 Å². The number of carbonyl (C=O) groups excluding carboxylic acids is 1. The molecule has 0 aromatic heterocycles. The number of aliphatic carboxylic acids is 1. The van der Waals surface area contributed by atoms with Crippen LogP contribution in [0.15, 0.2) is 54.6 Å². The average molecular weight is 404 g/mol. The molecule has 0 aliphatic heterocycles. The molecule has 1 atom stereocenters. The van der Waals surface area contributed by atoms with Crippen molar-refractivity contribution in [3.63, 3.8) is 0 Å². The number of nitrogens with one attached hydrogen (secondary N) is 1. The van der Waals surface area contributed by atoms with E-state index < -0.39 is 18.1 Å². The van der Waals surface area contributed by atoms with E-state index in [0.717, 1.165) is 17.1 Å². The summed E-state index contributed by atoms with van der Waals surface area (Å²) in [6.07, 6.45) is -0.422. The van der Waals surface area contributed by atoms with Gasteiger partial charge >= 0.3 is 12.1 Å². The van der Waals surface area contributed by atoms with E-state index in [0.29, 0.717) is 18.8 Å². The third-order valence-corrected chi connectivity index (χ3v) is 4.85. The second-order valence-electron chi connectivity index (χ2n) is 6.16. The lowest BCUT2D eigenvalue weighted by Crippen LogP contribution is -2.41. The number of alkyl carbamates (subject to hydrolysis) is 1. The van der Waals surface area contributed by atoms with Crippen molar-refractivity contribution in [1.29, 1.82) is 0 Å². The average Bonchev–Trinajstić information content (AvgIpc) is 2.70. The molecule has 2 aromatic rings. The van der Waals surface area contributed by atoms with Gasteiger partial charge in [-0.15, -0.1) is 0 Å². The number of benzene rings is 2. The van der Waals surface area contributed by atoms with Crippen molar-refractivity contribution in [2.75, 3.05) is 18.1 Å². The monoisotopic (exact) mass is 403 g/mol. The smallest absolute Gasteiger partial charge is 0.408 e. The van der Waals surface area contributed by atoms with Gasteiger partial charge in [-0.3, -0.25) is 0 Å². The molecule has 0 aliphatic rings. The number of carboxylic acids is 1. The molecule has 0 heterocycles. The number of hydrogen-bond donors (Lipinski definition) is 2. The van der Waals surface area contributed by atoms with Crippen molar-refractivity contribution in [2.24, 2.45) is 0 Å². The van der Waals surface area contributed by atoms with Gasteiger partial charge in [-0.25, -0.2) is 9.59 Å². The Morgan fingerprint density at radius 3 is 2.46 bits per heavy atom. The van der Waals surface area contributed by atoms with Crippen LogP contribution in [0, 0.1) is 6.92 Å². The molecule has 0 saturated carbocycles. The maximum Gasteiger partial charge on any atom is 0.408 e. The van der Waals surface area contributed by atoms with Crippen molar-refractivity contribution in [1.82, 2.24) is 5.32 Å². The van der Waals surface area contributed by atoms with Crippen LogP contribution in [0.3, 0.4) is 0 Å². The molecule has 0 spiro atoms. The minimum atomic E-state index is -1.08. The third-order valence-electron chi connectivity index (χ3n) is 3.87. The van der Waals surface area contributed by atoms with Crippen LogP contribution in [0.2, 0.25) is 0 Å². The molecule has 28 heavy (non-hydrogen) atoms. The molecule has 1 amide bonds. The van der Waals surface area contributed by atoms with E-state index in [1.54, 1.807) is 11.8 Å². The molecule has 7 heteroatoms. The summed E-state index contributed by atoms with van der Waals surface area (Å²) in [6, 6.07) is 16.1. The Morgan fingerprint density at radius 1 is 1.07 bits per heavy atom. The van der Waals surface area contributed by atoms with Gasteiger partial charge in [0.25, 0.3) is 0 Å². The lowest BCUT2D eigenvalue weighted by atomic mass is 10.2. The number of hydrogen-bond acceptors (Lipinski definition) is 5. The number of aryl methyl sites for hydroxylation is 1. The van der Waals surface area contributed by atoms with Gasteiger partial charge < -0.3 is 19.9 Å². The highest BCUT2D eigenvalue weighted by Crippen LogP contribution is 2.12. The van der Waals surface area contributed by atoms with Crippen molar-refractivity contribution < 1.29 is 24.2 Å². The molecule has 0 bridgehead atoms. The van der Waals surface area contributed by atoms with Crippen LogP contribution in [0.5, 0.6) is 5.75 Å². The molecule has 0 aliphatic carbocycles. The van der Waals surface area contributed by atoms with Gasteiger partial charge in [0.15, 0.2) is 0 Å². The van der Waals surface area contributed by atoms with Gasteiger partial charge in [0.2, 0.25) is 0 Å². The Bertz CT molecular complexity index is 736. The topological polar surface area (TPSA) is 84.9 Å². The van der Waals surface area contributed by atoms with Gasteiger partial charge in [0.1, 0.15) is 18.4 Å². The largest absolute Gasteiger partial charge is 0.493 e. The fourth-order valence-corrected chi connectivity index (χ4v) is 3.13. The Hall–Kier alpha value is -2.67. The molecular weight excluding hydrogens is 378 g/mol. The predicted octanol–water partition coefficient (Wildman–Crippen LogP) is 3.88. The van der Waals surface area contributed by atoms with Crippen LogP contribution in [0.1, 0.15) is 17.5 Å². The normalized spacial score (nSPS) is 11.5. The predicted molar refractivity (Wildman–Crippen MR) is 110 cm³/mol. The molecule has 1 unspecified atom stereocenters. The summed E-state index contributed by atoms with van der Waals surface area (Å²) >= 11 is 1.58. The SMILES string of the molecule is Cc1ccc(OCCSCCC(NC(=O)OCc2ccccc2)C(=O)O)cc1. The summed E-state index contributed by atoms with van der Waals surface area (Å²) in [5, 5.41) is 11.7. The van der Waals surface area contributed by atoms with Gasteiger partial charge in [-0.05, 0) is 36.8 Å². The third kappa shape index (κ3) is 8.35. The van der Waals surface area contributed by atoms with Gasteiger partial charge in [-0.1, -0.05) is 48.0 Å². The molecule has 6 nitrogen and oxygen atoms in total. The quantitative estimate of drug-likeness (QED) is 0.554. The molecule has 0 radical (unpaired) electrons. The zero-order chi connectivity index (χ0) is 20.2. The van der Waals surface area contributed by atoms with E-state index in [9.17, 15) is 14.7 Å². The first-order valence-electron chi connectivity index (χ1n) is 9.02. The van der Waals surface area contributed by atoms with Crippen molar-refractivity contribution in [3.05, 3.63) is 65.7 Å². The van der Waals surface area contributed by atoms with E-state index in [4.69, 9.17) is 9.47 Å². The molecule has 0 fully saturated rings. The summed E-state index contributed by atoms with van der Waals surface area (Å²) in [6.45, 7) is 2.66. The molecule has 2 N–H and O–H groups in total. The van der Waals surface area contributed by atoms with Gasteiger partial charge in [-0.2, -0.15) is 11.8 Å². The summed E-state index contributed by atoms with van der Waals surface area (Å²) < 4.78 is 10.7. The van der Waals surface area contributed by atoms with E-state index >= 15 is 0 Å². The molecule has 2 rings (SSSR count). The highest BCUT2D eigenvalue weighted by Gasteiger charge is 2.20. The van der Waals surface area contributed by atoms with Crippen LogP contribution in [0.25, 0.3) is 0 Å². The number of carboxylic acid groups (broad SMARTS) is 1. The Morgan fingerprint density at radius 2 is 1.79 bits per heavy atom. The number of carbonyl (C=O) groups is 2. The van der Waals surface area contributed by atoms with Gasteiger partial charge in [0, 0.05) is 5.75 Å². The number of amides is 1. The van der Waals surface area contributed by atoms with E-state index in [1.807, 2.05) is 61.5 Å². The first kappa shape index (κ1) is 21.6. The van der Waals surface area contributed by atoms with Crippen LogP contribution < -0.4 is 10.1 Å². The number of thioether (sulfide) groups is 1. The van der Waals surface area contributed by atoms with Crippen molar-refractivity contribution >= 4 is 23.8 Å². The second kappa shape index (κ2) is 11.9. The zero-order valence-corrected chi connectivity index (χ0v) is 16.6. The molecular formula is C21H25NO5S. The summed E-state index contributed by atoms with van der Waals surface area (Å²) in [4.78, 5) is 23.2. The summed E-state index contributed by atoms with van der Waals surface area (Å²) in [7, 11) is 0. The van der Waals surface area contributed by atoms with Crippen LogP contribution in [-0.2, 0) is 16.1 Å². The lowest BCUT2D eigenvalue weighted by molar-refractivity contribution is -0.139. The molecule has 150 valence electrons.